The van der Waals surface area contributed by atoms with E-state index in [1.165, 1.54) is 5.56 Å². The summed E-state index contributed by atoms with van der Waals surface area (Å²) in [5.41, 5.74) is 5.44. The number of thioether (sulfide) groups is 1. The van der Waals surface area contributed by atoms with Crippen LogP contribution in [0.15, 0.2) is 47.4 Å². The summed E-state index contributed by atoms with van der Waals surface area (Å²) < 4.78 is 1.78. The van der Waals surface area contributed by atoms with E-state index in [4.69, 9.17) is 11.6 Å². The van der Waals surface area contributed by atoms with E-state index in [0.29, 0.717) is 22.4 Å². The summed E-state index contributed by atoms with van der Waals surface area (Å²) in [5.74, 6) is 0.990. The smallest absolute Gasteiger partial charge is 0.276 e. The standard InChI is InChI=1S/C21H20ClN3OS/c1-12(2)13-4-7-15(8-5-13)23-21(26)19-17-11-27-18-9-6-14(22)10-16(18)20(17)25(3)24-19/h4-10,12H,11H2,1-3H3,(H,23,26). The summed E-state index contributed by atoms with van der Waals surface area (Å²) in [7, 11) is 1.87. The van der Waals surface area contributed by atoms with Crippen LogP contribution in [0.5, 0.6) is 0 Å². The number of amides is 1. The number of carbonyl (C=O) groups is 1. The number of nitrogens with one attached hydrogen (secondary N) is 1. The van der Waals surface area contributed by atoms with Gasteiger partial charge in [0.25, 0.3) is 5.91 Å². The van der Waals surface area contributed by atoms with Crippen LogP contribution in [0.2, 0.25) is 5.02 Å². The Hall–Kier alpha value is -2.24. The van der Waals surface area contributed by atoms with Crippen LogP contribution in [0, 0.1) is 0 Å². The van der Waals surface area contributed by atoms with E-state index in [-0.39, 0.29) is 5.91 Å². The van der Waals surface area contributed by atoms with E-state index in [0.717, 1.165) is 27.4 Å². The minimum atomic E-state index is -0.185. The average Bonchev–Trinajstić information content (AvgIpc) is 2.99. The molecule has 1 amide bonds. The first-order valence-corrected chi connectivity index (χ1v) is 10.2. The molecule has 0 radical (unpaired) electrons. The molecule has 0 atom stereocenters. The molecule has 1 N–H and O–H groups in total. The Bertz CT molecular complexity index is 1020. The van der Waals surface area contributed by atoms with E-state index < -0.39 is 0 Å². The molecule has 4 rings (SSSR count). The molecule has 2 aromatic carbocycles. The molecule has 0 aliphatic carbocycles. The van der Waals surface area contributed by atoms with Gasteiger partial charge < -0.3 is 5.32 Å². The molecule has 2 heterocycles. The van der Waals surface area contributed by atoms with Gasteiger partial charge >= 0.3 is 0 Å². The fourth-order valence-electron chi connectivity index (χ4n) is 3.33. The predicted octanol–water partition coefficient (Wildman–Crippen LogP) is 5.72. The van der Waals surface area contributed by atoms with Gasteiger partial charge in [0, 0.05) is 39.5 Å². The monoisotopic (exact) mass is 397 g/mol. The Balaban J connectivity index is 1.66. The number of halogens is 1. The zero-order valence-corrected chi connectivity index (χ0v) is 17.0. The molecule has 0 saturated carbocycles. The number of nitrogens with zero attached hydrogens (tertiary/aromatic N) is 2. The lowest BCUT2D eigenvalue weighted by Crippen LogP contribution is -2.15. The summed E-state index contributed by atoms with van der Waals surface area (Å²) in [5, 5.41) is 8.16. The number of hydrogen-bond donors (Lipinski definition) is 1. The molecule has 1 aliphatic rings. The molecular formula is C21H20ClN3OS. The van der Waals surface area contributed by atoms with Crippen molar-refractivity contribution >= 4 is 35.0 Å². The van der Waals surface area contributed by atoms with Gasteiger partial charge in [-0.3, -0.25) is 9.48 Å². The van der Waals surface area contributed by atoms with Crippen molar-refractivity contribution in [1.82, 2.24) is 9.78 Å². The highest BCUT2D eigenvalue weighted by Gasteiger charge is 2.28. The summed E-state index contributed by atoms with van der Waals surface area (Å²) in [6.45, 7) is 4.30. The van der Waals surface area contributed by atoms with Gasteiger partial charge in [0.2, 0.25) is 0 Å². The average molecular weight is 398 g/mol. The molecule has 27 heavy (non-hydrogen) atoms. The molecule has 4 nitrogen and oxygen atoms in total. The largest absolute Gasteiger partial charge is 0.321 e. The van der Waals surface area contributed by atoms with Gasteiger partial charge in [-0.05, 0) is 41.8 Å². The van der Waals surface area contributed by atoms with Crippen molar-refractivity contribution in [3.63, 3.8) is 0 Å². The number of benzene rings is 2. The molecule has 1 aliphatic heterocycles. The van der Waals surface area contributed by atoms with Crippen molar-refractivity contribution in [2.45, 2.75) is 30.4 Å². The second kappa shape index (κ2) is 7.06. The fraction of sp³-hybridized carbons (Fsp3) is 0.238. The van der Waals surface area contributed by atoms with Crippen molar-refractivity contribution in [3.8, 4) is 11.3 Å². The van der Waals surface area contributed by atoms with Crippen molar-refractivity contribution in [2.24, 2.45) is 7.05 Å². The van der Waals surface area contributed by atoms with Crippen LogP contribution in [-0.2, 0) is 12.8 Å². The summed E-state index contributed by atoms with van der Waals surface area (Å²) in [6.07, 6.45) is 0. The van der Waals surface area contributed by atoms with Gasteiger partial charge in [-0.2, -0.15) is 5.10 Å². The van der Waals surface area contributed by atoms with Crippen LogP contribution in [0.3, 0.4) is 0 Å². The van der Waals surface area contributed by atoms with Crippen molar-refractivity contribution < 1.29 is 4.79 Å². The van der Waals surface area contributed by atoms with Crippen molar-refractivity contribution in [3.05, 3.63) is 64.3 Å². The van der Waals surface area contributed by atoms with E-state index in [2.05, 4.69) is 24.3 Å². The topological polar surface area (TPSA) is 46.9 Å². The SMILES string of the molecule is CC(C)c1ccc(NC(=O)c2nn(C)c3c2CSc2ccc(Cl)cc2-3)cc1. The third kappa shape index (κ3) is 3.37. The van der Waals surface area contributed by atoms with Gasteiger partial charge in [0.1, 0.15) is 0 Å². The summed E-state index contributed by atoms with van der Waals surface area (Å²) in [6, 6.07) is 13.8. The van der Waals surface area contributed by atoms with Gasteiger partial charge in [-0.25, -0.2) is 0 Å². The molecule has 0 bridgehead atoms. The minimum Gasteiger partial charge on any atom is -0.321 e. The lowest BCUT2D eigenvalue weighted by atomic mass is 10.0. The first-order valence-electron chi connectivity index (χ1n) is 8.84. The van der Waals surface area contributed by atoms with E-state index in [1.807, 2.05) is 49.5 Å². The maximum Gasteiger partial charge on any atom is 0.276 e. The van der Waals surface area contributed by atoms with E-state index in [1.54, 1.807) is 16.4 Å². The van der Waals surface area contributed by atoms with Crippen LogP contribution in [0.4, 0.5) is 5.69 Å². The molecule has 0 saturated heterocycles. The number of aromatic nitrogens is 2. The first-order chi connectivity index (χ1) is 12.9. The third-order valence-electron chi connectivity index (χ3n) is 4.76. The lowest BCUT2D eigenvalue weighted by molar-refractivity contribution is 0.102. The van der Waals surface area contributed by atoms with Crippen LogP contribution >= 0.6 is 23.4 Å². The van der Waals surface area contributed by atoms with Gasteiger partial charge in [0.15, 0.2) is 5.69 Å². The molecule has 138 valence electrons. The second-order valence-electron chi connectivity index (χ2n) is 6.96. The fourth-order valence-corrected chi connectivity index (χ4v) is 4.55. The van der Waals surface area contributed by atoms with E-state index in [9.17, 15) is 4.79 Å². The molecule has 1 aromatic heterocycles. The zero-order chi connectivity index (χ0) is 19.1. The van der Waals surface area contributed by atoms with Crippen molar-refractivity contribution in [2.75, 3.05) is 5.32 Å². The molecule has 0 unspecified atom stereocenters. The summed E-state index contributed by atoms with van der Waals surface area (Å²) >= 11 is 7.89. The maximum absolute atomic E-state index is 12.9. The molecular weight excluding hydrogens is 378 g/mol. The van der Waals surface area contributed by atoms with Crippen LogP contribution in [0.1, 0.15) is 41.4 Å². The number of carbonyl (C=O) groups excluding carboxylic acids is 1. The Morgan fingerprint density at radius 2 is 1.96 bits per heavy atom. The predicted molar refractivity (Wildman–Crippen MR) is 112 cm³/mol. The number of aryl methyl sites for hydroxylation is 1. The Kier molecular flexibility index (Phi) is 4.74. The van der Waals surface area contributed by atoms with Gasteiger partial charge in [-0.1, -0.05) is 37.6 Å². The van der Waals surface area contributed by atoms with Crippen LogP contribution < -0.4 is 5.32 Å². The van der Waals surface area contributed by atoms with E-state index >= 15 is 0 Å². The number of hydrogen-bond acceptors (Lipinski definition) is 3. The number of fused-ring (bicyclic) bond motifs is 3. The summed E-state index contributed by atoms with van der Waals surface area (Å²) in [4.78, 5) is 14.0. The van der Waals surface area contributed by atoms with Crippen LogP contribution in [0.25, 0.3) is 11.3 Å². The molecule has 0 spiro atoms. The lowest BCUT2D eigenvalue weighted by Gasteiger charge is -2.17. The number of anilines is 1. The number of rotatable bonds is 3. The molecule has 6 heteroatoms. The minimum absolute atomic E-state index is 0.185. The maximum atomic E-state index is 12.9. The highest BCUT2D eigenvalue weighted by Crippen LogP contribution is 2.43. The van der Waals surface area contributed by atoms with Crippen LogP contribution in [-0.4, -0.2) is 15.7 Å². The quantitative estimate of drug-likeness (QED) is 0.614. The van der Waals surface area contributed by atoms with Gasteiger partial charge in [-0.15, -0.1) is 11.8 Å². The van der Waals surface area contributed by atoms with Crippen molar-refractivity contribution in [1.29, 1.82) is 0 Å². The zero-order valence-electron chi connectivity index (χ0n) is 15.4. The molecule has 0 fully saturated rings. The normalized spacial score (nSPS) is 12.6. The Labute approximate surface area is 167 Å². The Morgan fingerprint density at radius 3 is 2.67 bits per heavy atom. The third-order valence-corrected chi connectivity index (χ3v) is 6.10. The molecule has 3 aromatic rings. The second-order valence-corrected chi connectivity index (χ2v) is 8.41. The highest BCUT2D eigenvalue weighted by atomic mass is 35.5. The first kappa shape index (κ1) is 18.1. The Morgan fingerprint density at radius 1 is 1.22 bits per heavy atom. The van der Waals surface area contributed by atoms with Gasteiger partial charge in [0.05, 0.1) is 5.69 Å². The highest BCUT2D eigenvalue weighted by molar-refractivity contribution is 7.98.